The molecule has 1 aromatic heterocycles. The van der Waals surface area contributed by atoms with E-state index >= 15 is 0 Å². The van der Waals surface area contributed by atoms with E-state index in [4.69, 9.17) is 4.74 Å². The van der Waals surface area contributed by atoms with E-state index in [9.17, 15) is 4.79 Å². The van der Waals surface area contributed by atoms with Gasteiger partial charge in [-0.05, 0) is 74.4 Å². The Labute approximate surface area is 196 Å². The van der Waals surface area contributed by atoms with Crippen molar-refractivity contribution in [3.05, 3.63) is 57.2 Å². The Morgan fingerprint density at radius 1 is 1.34 bits per heavy atom. The molecule has 0 bridgehead atoms. The number of amides is 1. The average molecular weight is 454 g/mol. The number of aromatic nitrogens is 1. The summed E-state index contributed by atoms with van der Waals surface area (Å²) < 4.78 is 5.75. The predicted octanol–water partition coefficient (Wildman–Crippen LogP) is 5.19. The number of carbonyl (C=O) groups is 1. The highest BCUT2D eigenvalue weighted by Crippen LogP contribution is 2.50. The van der Waals surface area contributed by atoms with Gasteiger partial charge in [-0.25, -0.2) is 4.98 Å². The molecule has 1 amide bonds. The number of fused-ring (bicyclic) bond motifs is 3. The maximum atomic E-state index is 13.6. The minimum absolute atomic E-state index is 0.0710. The zero-order valence-electron chi connectivity index (χ0n) is 20.3. The maximum Gasteiger partial charge on any atom is 0.270 e. The molecular formula is C26H35N3O2S. The second-order valence-corrected chi connectivity index (χ2v) is 11.3. The molecule has 0 spiro atoms. The first-order valence-electron chi connectivity index (χ1n) is 11.5. The molecule has 2 unspecified atom stereocenters. The molecule has 5 nitrogen and oxygen atoms in total. The summed E-state index contributed by atoms with van der Waals surface area (Å²) in [6.07, 6.45) is 5.90. The summed E-state index contributed by atoms with van der Waals surface area (Å²) in [5.74, 6) is 1.67. The molecule has 2 aliphatic heterocycles. The van der Waals surface area contributed by atoms with Gasteiger partial charge in [0.05, 0.1) is 19.1 Å². The number of benzene rings is 1. The van der Waals surface area contributed by atoms with Crippen molar-refractivity contribution in [2.45, 2.75) is 65.0 Å². The van der Waals surface area contributed by atoms with Crippen LogP contribution in [0.15, 0.2) is 35.5 Å². The normalized spacial score (nSPS) is 20.1. The smallest absolute Gasteiger partial charge is 0.270 e. The lowest BCUT2D eigenvalue weighted by Crippen LogP contribution is -2.46. The van der Waals surface area contributed by atoms with E-state index in [1.54, 1.807) is 18.4 Å². The third-order valence-electron chi connectivity index (χ3n) is 6.70. The SMILES string of the molecule is COc1cc2c(cc1CC(C)C)C1C(c3nccs3)C=C(C(=O)N(C)C(C)(C)C)N1CC2. The number of likely N-dealkylation sites (N-methyl/N-ethyl adjacent to an activating group) is 1. The van der Waals surface area contributed by atoms with Crippen LogP contribution < -0.4 is 4.74 Å². The molecule has 1 aromatic carbocycles. The Morgan fingerprint density at radius 3 is 2.69 bits per heavy atom. The van der Waals surface area contributed by atoms with Gasteiger partial charge in [0.25, 0.3) is 5.91 Å². The van der Waals surface area contributed by atoms with Crippen molar-refractivity contribution < 1.29 is 9.53 Å². The molecule has 32 heavy (non-hydrogen) atoms. The van der Waals surface area contributed by atoms with Crippen molar-refractivity contribution in [1.29, 1.82) is 0 Å². The van der Waals surface area contributed by atoms with Crippen LogP contribution in [-0.4, -0.2) is 46.9 Å². The van der Waals surface area contributed by atoms with Gasteiger partial charge in [-0.3, -0.25) is 4.79 Å². The van der Waals surface area contributed by atoms with Gasteiger partial charge < -0.3 is 14.5 Å². The largest absolute Gasteiger partial charge is 0.496 e. The molecule has 0 N–H and O–H groups in total. The van der Waals surface area contributed by atoms with Crippen LogP contribution in [-0.2, 0) is 17.6 Å². The molecule has 0 radical (unpaired) electrons. The second kappa shape index (κ2) is 8.54. The van der Waals surface area contributed by atoms with Gasteiger partial charge in [-0.15, -0.1) is 11.3 Å². The minimum atomic E-state index is -0.238. The van der Waals surface area contributed by atoms with Gasteiger partial charge in [0.2, 0.25) is 0 Å². The Bertz CT molecular complexity index is 1020. The highest BCUT2D eigenvalue weighted by Gasteiger charge is 2.44. The quantitative estimate of drug-likeness (QED) is 0.625. The molecule has 3 heterocycles. The first-order valence-corrected chi connectivity index (χ1v) is 12.4. The summed E-state index contributed by atoms with van der Waals surface area (Å²) in [7, 11) is 3.66. The summed E-state index contributed by atoms with van der Waals surface area (Å²) in [6.45, 7) is 11.5. The Kier molecular flexibility index (Phi) is 6.10. The summed E-state index contributed by atoms with van der Waals surface area (Å²) in [5.41, 5.74) is 4.44. The highest BCUT2D eigenvalue weighted by atomic mass is 32.1. The van der Waals surface area contributed by atoms with E-state index in [2.05, 4.69) is 62.7 Å². The number of ether oxygens (including phenoxy) is 1. The molecule has 2 aromatic rings. The predicted molar refractivity (Wildman–Crippen MR) is 130 cm³/mol. The monoisotopic (exact) mass is 453 g/mol. The van der Waals surface area contributed by atoms with E-state index in [1.165, 1.54) is 16.7 Å². The lowest BCUT2D eigenvalue weighted by atomic mass is 9.84. The fourth-order valence-electron chi connectivity index (χ4n) is 4.81. The van der Waals surface area contributed by atoms with E-state index in [0.29, 0.717) is 5.92 Å². The molecule has 0 saturated heterocycles. The number of rotatable bonds is 5. The van der Waals surface area contributed by atoms with Crippen LogP contribution in [0, 0.1) is 5.92 Å². The number of thiazole rings is 1. The van der Waals surface area contributed by atoms with Crippen molar-refractivity contribution in [3.8, 4) is 5.75 Å². The standard InChI is InChI=1S/C26H35N3O2S/c1-16(2)12-18-13-19-17(14-22(18)31-7)8-10-29-21(25(30)28(6)26(3,4)5)15-20(23(19)29)24-27-9-11-32-24/h9,11,13-16,20,23H,8,10,12H2,1-7H3. The summed E-state index contributed by atoms with van der Waals surface area (Å²) in [6, 6.07) is 4.65. The van der Waals surface area contributed by atoms with Gasteiger partial charge in [-0.2, -0.15) is 0 Å². The van der Waals surface area contributed by atoms with Crippen LogP contribution >= 0.6 is 11.3 Å². The summed E-state index contributed by atoms with van der Waals surface area (Å²) in [5, 5.41) is 3.09. The lowest BCUT2D eigenvalue weighted by Gasteiger charge is -2.40. The van der Waals surface area contributed by atoms with Crippen LogP contribution in [0.3, 0.4) is 0 Å². The molecule has 172 valence electrons. The second-order valence-electron chi connectivity index (χ2n) is 10.3. The highest BCUT2D eigenvalue weighted by molar-refractivity contribution is 7.09. The fourth-order valence-corrected chi connectivity index (χ4v) is 5.54. The van der Waals surface area contributed by atoms with Gasteiger partial charge in [-0.1, -0.05) is 13.8 Å². The van der Waals surface area contributed by atoms with E-state index in [0.717, 1.165) is 35.8 Å². The molecule has 6 heteroatoms. The number of hydrogen-bond acceptors (Lipinski definition) is 5. The third-order valence-corrected chi connectivity index (χ3v) is 7.58. The van der Waals surface area contributed by atoms with E-state index < -0.39 is 0 Å². The van der Waals surface area contributed by atoms with Gasteiger partial charge >= 0.3 is 0 Å². The fraction of sp³-hybridized carbons (Fsp3) is 0.538. The van der Waals surface area contributed by atoms with Crippen LogP contribution in [0.25, 0.3) is 0 Å². The van der Waals surface area contributed by atoms with Crippen LogP contribution in [0.1, 0.15) is 68.3 Å². The van der Waals surface area contributed by atoms with E-state index in [-0.39, 0.29) is 23.4 Å². The molecular weight excluding hydrogens is 418 g/mol. The Balaban J connectivity index is 1.80. The van der Waals surface area contributed by atoms with Crippen LogP contribution in [0.4, 0.5) is 0 Å². The molecule has 4 rings (SSSR count). The molecule has 2 aliphatic rings. The average Bonchev–Trinajstić information content (AvgIpc) is 3.38. The number of hydrogen-bond donors (Lipinski definition) is 0. The number of methoxy groups -OCH3 is 1. The van der Waals surface area contributed by atoms with Gasteiger partial charge in [0.15, 0.2) is 0 Å². The summed E-state index contributed by atoms with van der Waals surface area (Å²) in [4.78, 5) is 22.4. The maximum absolute atomic E-state index is 13.6. The zero-order chi connectivity index (χ0) is 23.2. The zero-order valence-corrected chi connectivity index (χ0v) is 21.1. The topological polar surface area (TPSA) is 45.7 Å². The molecule has 0 aliphatic carbocycles. The van der Waals surface area contributed by atoms with Crippen molar-refractivity contribution in [2.75, 3.05) is 20.7 Å². The third kappa shape index (κ3) is 4.05. The van der Waals surface area contributed by atoms with Crippen molar-refractivity contribution in [3.63, 3.8) is 0 Å². The van der Waals surface area contributed by atoms with Gasteiger partial charge in [0, 0.05) is 30.7 Å². The lowest BCUT2D eigenvalue weighted by molar-refractivity contribution is -0.131. The van der Waals surface area contributed by atoms with Crippen LogP contribution in [0.2, 0.25) is 0 Å². The molecule has 0 saturated carbocycles. The first-order chi connectivity index (χ1) is 15.1. The first kappa shape index (κ1) is 22.8. The minimum Gasteiger partial charge on any atom is -0.496 e. The van der Waals surface area contributed by atoms with Crippen molar-refractivity contribution in [1.82, 2.24) is 14.8 Å². The van der Waals surface area contributed by atoms with Gasteiger partial charge in [0.1, 0.15) is 16.5 Å². The Morgan fingerprint density at radius 2 is 2.09 bits per heavy atom. The van der Waals surface area contributed by atoms with Crippen LogP contribution in [0.5, 0.6) is 5.75 Å². The molecule has 2 atom stereocenters. The number of nitrogens with zero attached hydrogens (tertiary/aromatic N) is 3. The number of carbonyl (C=O) groups excluding carboxylic acids is 1. The summed E-state index contributed by atoms with van der Waals surface area (Å²) >= 11 is 1.67. The van der Waals surface area contributed by atoms with Crippen molar-refractivity contribution in [2.24, 2.45) is 5.92 Å². The molecule has 0 fully saturated rings. The Hall–Kier alpha value is -2.34. The van der Waals surface area contributed by atoms with E-state index in [1.807, 2.05) is 23.5 Å². The van der Waals surface area contributed by atoms with Crippen molar-refractivity contribution >= 4 is 17.2 Å².